The van der Waals surface area contributed by atoms with Crippen molar-refractivity contribution in [3.8, 4) is 0 Å². The van der Waals surface area contributed by atoms with Crippen molar-refractivity contribution in [1.29, 1.82) is 0 Å². The fourth-order valence-corrected chi connectivity index (χ4v) is 3.52. The van der Waals surface area contributed by atoms with E-state index in [1.807, 2.05) is 0 Å². The third-order valence-corrected chi connectivity index (χ3v) is 4.95. The van der Waals surface area contributed by atoms with Crippen molar-refractivity contribution >= 4 is 48.5 Å². The molecule has 1 fully saturated rings. The summed E-state index contributed by atoms with van der Waals surface area (Å²) in [7, 11) is 0. The zero-order chi connectivity index (χ0) is 12.7. The zero-order valence-corrected chi connectivity index (χ0v) is 11.8. The van der Waals surface area contributed by atoms with Gasteiger partial charge < -0.3 is 0 Å². The van der Waals surface area contributed by atoms with Gasteiger partial charge in [-0.25, -0.2) is 9.37 Å². The van der Waals surface area contributed by atoms with E-state index in [9.17, 15) is 9.18 Å². The maximum atomic E-state index is 13.1. The number of amides is 1. The van der Waals surface area contributed by atoms with Gasteiger partial charge in [-0.3, -0.25) is 9.69 Å². The van der Waals surface area contributed by atoms with E-state index >= 15 is 0 Å². The molecule has 1 aromatic heterocycles. The molecule has 1 saturated heterocycles. The summed E-state index contributed by atoms with van der Waals surface area (Å²) in [5.41, 5.74) is 0.742. The average Bonchev–Trinajstić information content (AvgIpc) is 2.91. The second kappa shape index (κ2) is 4.59. The first-order chi connectivity index (χ1) is 8.67. The fraction of sp³-hybridized carbons (Fsp3) is 0.333. The van der Waals surface area contributed by atoms with Gasteiger partial charge in [-0.05, 0) is 24.1 Å². The Morgan fingerprint density at radius 1 is 1.56 bits per heavy atom. The van der Waals surface area contributed by atoms with Crippen molar-refractivity contribution in [2.45, 2.75) is 6.42 Å². The molecular formula is C12H10BrFN2OS. The van der Waals surface area contributed by atoms with Crippen molar-refractivity contribution in [3.05, 3.63) is 24.0 Å². The van der Waals surface area contributed by atoms with Gasteiger partial charge in [-0.2, -0.15) is 0 Å². The number of rotatable bonds is 2. The van der Waals surface area contributed by atoms with Gasteiger partial charge in [0.15, 0.2) is 5.13 Å². The Balaban J connectivity index is 1.97. The molecule has 1 aliphatic heterocycles. The lowest BCUT2D eigenvalue weighted by atomic mass is 10.2. The predicted octanol–water partition coefficient (Wildman–Crippen LogP) is 3.18. The highest BCUT2D eigenvalue weighted by molar-refractivity contribution is 9.09. The number of thiazole rings is 1. The number of fused-ring (bicyclic) bond motifs is 1. The van der Waals surface area contributed by atoms with Gasteiger partial charge in [-0.15, -0.1) is 0 Å². The monoisotopic (exact) mass is 328 g/mol. The van der Waals surface area contributed by atoms with Crippen LogP contribution in [0.25, 0.3) is 10.2 Å². The third kappa shape index (κ3) is 2.03. The first-order valence-corrected chi connectivity index (χ1v) is 7.53. The summed E-state index contributed by atoms with van der Waals surface area (Å²) < 4.78 is 13.9. The van der Waals surface area contributed by atoms with Gasteiger partial charge in [0.1, 0.15) is 5.82 Å². The van der Waals surface area contributed by atoms with Crippen LogP contribution >= 0.6 is 27.3 Å². The summed E-state index contributed by atoms with van der Waals surface area (Å²) in [5, 5.41) is 1.48. The Bertz CT molecular complexity index is 615. The first kappa shape index (κ1) is 12.0. The van der Waals surface area contributed by atoms with Crippen LogP contribution in [0.15, 0.2) is 18.2 Å². The lowest BCUT2D eigenvalue weighted by Crippen LogP contribution is -2.24. The molecule has 3 nitrogen and oxygen atoms in total. The summed E-state index contributed by atoms with van der Waals surface area (Å²) >= 11 is 4.77. The number of nitrogens with zero attached hydrogens (tertiary/aromatic N) is 2. The lowest BCUT2D eigenvalue weighted by Gasteiger charge is -2.11. The molecule has 0 saturated carbocycles. The van der Waals surface area contributed by atoms with Crippen LogP contribution in [0, 0.1) is 11.7 Å². The molecule has 3 rings (SSSR count). The fourth-order valence-electron chi connectivity index (χ4n) is 2.07. The number of benzene rings is 1. The van der Waals surface area contributed by atoms with Gasteiger partial charge in [0.2, 0.25) is 5.91 Å². The number of alkyl halides is 1. The second-order valence-corrected chi connectivity index (χ2v) is 5.99. The summed E-state index contributed by atoms with van der Waals surface area (Å²) in [6, 6.07) is 4.49. The van der Waals surface area contributed by atoms with Crippen molar-refractivity contribution in [2.24, 2.45) is 5.92 Å². The first-order valence-electron chi connectivity index (χ1n) is 5.60. The third-order valence-electron chi connectivity index (χ3n) is 2.99. The van der Waals surface area contributed by atoms with Crippen molar-refractivity contribution in [2.75, 3.05) is 16.8 Å². The van der Waals surface area contributed by atoms with Crippen LogP contribution in [0.4, 0.5) is 9.52 Å². The molecule has 6 heteroatoms. The largest absolute Gasteiger partial charge is 0.288 e. The van der Waals surface area contributed by atoms with Crippen LogP contribution in [-0.4, -0.2) is 22.8 Å². The second-order valence-electron chi connectivity index (χ2n) is 4.34. The van der Waals surface area contributed by atoms with Crippen molar-refractivity contribution in [1.82, 2.24) is 4.98 Å². The minimum atomic E-state index is -0.274. The van der Waals surface area contributed by atoms with Crippen LogP contribution in [0.1, 0.15) is 6.42 Å². The highest BCUT2D eigenvalue weighted by Gasteiger charge is 2.31. The van der Waals surface area contributed by atoms with Gasteiger partial charge in [0.05, 0.1) is 10.2 Å². The Hall–Kier alpha value is -1.01. The van der Waals surface area contributed by atoms with E-state index < -0.39 is 0 Å². The molecule has 2 aromatic rings. The average molecular weight is 329 g/mol. The smallest absolute Gasteiger partial charge is 0.229 e. The Morgan fingerprint density at radius 3 is 3.11 bits per heavy atom. The number of hydrogen-bond acceptors (Lipinski definition) is 3. The van der Waals surface area contributed by atoms with Crippen molar-refractivity contribution < 1.29 is 9.18 Å². The number of carbonyl (C=O) groups is 1. The number of carbonyl (C=O) groups excluding carboxylic acids is 1. The van der Waals surface area contributed by atoms with Crippen molar-refractivity contribution in [3.63, 3.8) is 0 Å². The van der Waals surface area contributed by atoms with Crippen LogP contribution < -0.4 is 4.90 Å². The van der Waals surface area contributed by atoms with Gasteiger partial charge in [-0.1, -0.05) is 27.3 Å². The molecule has 0 bridgehead atoms. The maximum absolute atomic E-state index is 13.1. The highest BCUT2D eigenvalue weighted by Crippen LogP contribution is 2.33. The van der Waals surface area contributed by atoms with E-state index in [4.69, 9.17) is 0 Å². The molecule has 0 aliphatic carbocycles. The molecule has 1 aromatic carbocycles. The number of halogens is 2. The van der Waals surface area contributed by atoms with Gasteiger partial charge >= 0.3 is 0 Å². The Kier molecular flexibility index (Phi) is 3.07. The molecule has 1 unspecified atom stereocenters. The van der Waals surface area contributed by atoms with Crippen LogP contribution in [-0.2, 0) is 4.79 Å². The number of anilines is 1. The van der Waals surface area contributed by atoms with E-state index in [0.717, 1.165) is 15.5 Å². The van der Waals surface area contributed by atoms with Crippen LogP contribution in [0.5, 0.6) is 0 Å². The molecule has 2 heterocycles. The quantitative estimate of drug-likeness (QED) is 0.793. The molecule has 18 heavy (non-hydrogen) atoms. The molecule has 1 amide bonds. The van der Waals surface area contributed by atoms with E-state index in [1.54, 1.807) is 11.0 Å². The van der Waals surface area contributed by atoms with Gasteiger partial charge in [0, 0.05) is 18.3 Å². The molecule has 1 atom stereocenters. The number of hydrogen-bond donors (Lipinski definition) is 0. The molecular weight excluding hydrogens is 319 g/mol. The SMILES string of the molecule is O=C1CC(CBr)CN1c1nc2ccc(F)cc2s1. The molecule has 0 radical (unpaired) electrons. The minimum Gasteiger partial charge on any atom is -0.288 e. The molecule has 1 aliphatic rings. The van der Waals surface area contributed by atoms with E-state index in [1.165, 1.54) is 23.5 Å². The predicted molar refractivity (Wildman–Crippen MR) is 73.8 cm³/mol. The van der Waals surface area contributed by atoms with E-state index in [0.29, 0.717) is 24.0 Å². The van der Waals surface area contributed by atoms with E-state index in [2.05, 4.69) is 20.9 Å². The summed E-state index contributed by atoms with van der Waals surface area (Å²) in [6.07, 6.45) is 0.551. The summed E-state index contributed by atoms with van der Waals surface area (Å²) in [4.78, 5) is 18.0. The molecule has 0 spiro atoms. The van der Waals surface area contributed by atoms with Crippen LogP contribution in [0.3, 0.4) is 0 Å². The zero-order valence-electron chi connectivity index (χ0n) is 9.40. The molecule has 0 N–H and O–H groups in total. The highest BCUT2D eigenvalue weighted by atomic mass is 79.9. The minimum absolute atomic E-state index is 0.0963. The maximum Gasteiger partial charge on any atom is 0.229 e. The summed E-state index contributed by atoms with van der Waals surface area (Å²) in [5.74, 6) is 0.156. The lowest BCUT2D eigenvalue weighted by molar-refractivity contribution is -0.117. The van der Waals surface area contributed by atoms with Gasteiger partial charge in [0.25, 0.3) is 0 Å². The topological polar surface area (TPSA) is 33.2 Å². The Morgan fingerprint density at radius 2 is 2.39 bits per heavy atom. The number of aromatic nitrogens is 1. The normalized spacial score (nSPS) is 20.0. The Labute approximate surface area is 116 Å². The van der Waals surface area contributed by atoms with E-state index in [-0.39, 0.29) is 11.7 Å². The molecule has 94 valence electrons. The van der Waals surface area contributed by atoms with Crippen LogP contribution in [0.2, 0.25) is 0 Å². The standard InChI is InChI=1S/C12H10BrFN2OS/c13-5-7-3-11(17)16(6-7)12-15-9-2-1-8(14)4-10(9)18-12/h1-2,4,7H,3,5-6H2. The summed E-state index contributed by atoms with van der Waals surface area (Å²) in [6.45, 7) is 0.687.